The molecular weight excluding hydrogens is 254 g/mol. The zero-order valence-corrected chi connectivity index (χ0v) is 14.8. The normalized spacial score (nSPS) is 13.4. The summed E-state index contributed by atoms with van der Waals surface area (Å²) in [5, 5.41) is 3.65. The third-order valence-corrected chi connectivity index (χ3v) is 4.23. The molecule has 1 heteroatoms. The van der Waals surface area contributed by atoms with Crippen LogP contribution in [0, 0.1) is 0 Å². The molecular formula is C20H35N. The first kappa shape index (κ1) is 18.2. The summed E-state index contributed by atoms with van der Waals surface area (Å²) in [6.07, 6.45) is 8.05. The lowest BCUT2D eigenvalue weighted by atomic mass is 9.86. The van der Waals surface area contributed by atoms with Gasteiger partial charge in [0.05, 0.1) is 0 Å². The van der Waals surface area contributed by atoms with Crippen LogP contribution in [0.5, 0.6) is 0 Å². The molecule has 0 fully saturated rings. The van der Waals surface area contributed by atoms with Gasteiger partial charge in [0.15, 0.2) is 0 Å². The van der Waals surface area contributed by atoms with E-state index in [1.165, 1.54) is 49.7 Å². The van der Waals surface area contributed by atoms with Crippen molar-refractivity contribution in [3.05, 3.63) is 35.4 Å². The first-order valence-electron chi connectivity index (χ1n) is 8.82. The molecule has 0 saturated heterocycles. The third-order valence-electron chi connectivity index (χ3n) is 4.23. The van der Waals surface area contributed by atoms with E-state index in [0.717, 1.165) is 6.54 Å². The van der Waals surface area contributed by atoms with Gasteiger partial charge in [-0.15, -0.1) is 0 Å². The number of hydrogen-bond donors (Lipinski definition) is 1. The van der Waals surface area contributed by atoms with Gasteiger partial charge in [-0.05, 0) is 29.5 Å². The van der Waals surface area contributed by atoms with Crippen molar-refractivity contribution in [1.82, 2.24) is 5.32 Å². The third kappa shape index (κ3) is 6.65. The number of rotatable bonds is 9. The summed E-state index contributed by atoms with van der Waals surface area (Å²) in [5.41, 5.74) is 3.11. The van der Waals surface area contributed by atoms with Gasteiger partial charge in [0.25, 0.3) is 0 Å². The standard InChI is InChI=1S/C20H35N/c1-6-8-9-10-11-12-19(21-7-2)17-13-15-18(16-14-17)20(3,4)5/h13-16,19,21H,6-12H2,1-5H3. The summed E-state index contributed by atoms with van der Waals surface area (Å²) in [4.78, 5) is 0. The van der Waals surface area contributed by atoms with Crippen molar-refractivity contribution in [3.63, 3.8) is 0 Å². The molecule has 1 atom stereocenters. The zero-order valence-electron chi connectivity index (χ0n) is 14.8. The summed E-state index contributed by atoms with van der Waals surface area (Å²) >= 11 is 0. The number of unbranched alkanes of at least 4 members (excludes halogenated alkanes) is 4. The first-order valence-corrected chi connectivity index (χ1v) is 8.82. The highest BCUT2D eigenvalue weighted by Crippen LogP contribution is 2.26. The van der Waals surface area contributed by atoms with Crippen LogP contribution in [-0.2, 0) is 5.41 Å². The molecule has 0 heterocycles. The highest BCUT2D eigenvalue weighted by Gasteiger charge is 2.15. The Morgan fingerprint density at radius 2 is 1.52 bits per heavy atom. The van der Waals surface area contributed by atoms with E-state index in [2.05, 4.69) is 64.2 Å². The van der Waals surface area contributed by atoms with Gasteiger partial charge < -0.3 is 5.32 Å². The van der Waals surface area contributed by atoms with Gasteiger partial charge >= 0.3 is 0 Å². The van der Waals surface area contributed by atoms with Crippen molar-refractivity contribution in [2.45, 2.75) is 84.6 Å². The molecule has 0 aliphatic rings. The Hall–Kier alpha value is -0.820. The van der Waals surface area contributed by atoms with Gasteiger partial charge in [0.2, 0.25) is 0 Å². The summed E-state index contributed by atoms with van der Waals surface area (Å²) < 4.78 is 0. The van der Waals surface area contributed by atoms with Crippen molar-refractivity contribution in [2.24, 2.45) is 0 Å². The molecule has 1 aromatic rings. The second-order valence-electron chi connectivity index (χ2n) is 7.19. The Balaban J connectivity index is 2.59. The Morgan fingerprint density at radius 3 is 2.05 bits per heavy atom. The molecule has 0 saturated carbocycles. The SMILES string of the molecule is CCCCCCCC(NCC)c1ccc(C(C)(C)C)cc1. The Morgan fingerprint density at radius 1 is 0.905 bits per heavy atom. The Labute approximate surface area is 132 Å². The average molecular weight is 290 g/mol. The fourth-order valence-corrected chi connectivity index (χ4v) is 2.80. The van der Waals surface area contributed by atoms with Crippen molar-refractivity contribution in [1.29, 1.82) is 0 Å². The van der Waals surface area contributed by atoms with E-state index >= 15 is 0 Å². The molecule has 1 aromatic carbocycles. The zero-order chi connectivity index (χ0) is 15.7. The topological polar surface area (TPSA) is 12.0 Å². The van der Waals surface area contributed by atoms with Crippen molar-refractivity contribution >= 4 is 0 Å². The van der Waals surface area contributed by atoms with E-state index in [0.29, 0.717) is 6.04 Å². The molecule has 0 aliphatic carbocycles. The minimum absolute atomic E-state index is 0.242. The van der Waals surface area contributed by atoms with Crippen molar-refractivity contribution in [2.75, 3.05) is 6.54 Å². The van der Waals surface area contributed by atoms with Crippen LogP contribution in [0.1, 0.15) is 90.3 Å². The summed E-state index contributed by atoms with van der Waals surface area (Å²) in [6, 6.07) is 9.76. The minimum atomic E-state index is 0.242. The van der Waals surface area contributed by atoms with Gasteiger partial charge in [-0.1, -0.05) is 91.0 Å². The molecule has 0 aromatic heterocycles. The molecule has 0 amide bonds. The van der Waals surface area contributed by atoms with E-state index in [-0.39, 0.29) is 5.41 Å². The lowest BCUT2D eigenvalue weighted by Crippen LogP contribution is -2.21. The maximum Gasteiger partial charge on any atom is 0.0320 e. The quantitative estimate of drug-likeness (QED) is 0.550. The van der Waals surface area contributed by atoms with Crippen LogP contribution < -0.4 is 5.32 Å². The molecule has 0 spiro atoms. The molecule has 0 radical (unpaired) electrons. The molecule has 1 rings (SSSR count). The van der Waals surface area contributed by atoms with Crippen LogP contribution in [0.25, 0.3) is 0 Å². The van der Waals surface area contributed by atoms with Gasteiger partial charge in [0, 0.05) is 6.04 Å². The lowest BCUT2D eigenvalue weighted by Gasteiger charge is -2.22. The summed E-state index contributed by atoms with van der Waals surface area (Å²) in [7, 11) is 0. The first-order chi connectivity index (χ1) is 9.99. The van der Waals surface area contributed by atoms with Crippen LogP contribution in [0.3, 0.4) is 0 Å². The lowest BCUT2D eigenvalue weighted by molar-refractivity contribution is 0.478. The van der Waals surface area contributed by atoms with Crippen LogP contribution >= 0.6 is 0 Å². The van der Waals surface area contributed by atoms with E-state index in [1.54, 1.807) is 0 Å². The van der Waals surface area contributed by atoms with Crippen molar-refractivity contribution < 1.29 is 0 Å². The Bertz CT molecular complexity index is 372. The number of nitrogens with one attached hydrogen (secondary N) is 1. The molecule has 0 bridgehead atoms. The van der Waals surface area contributed by atoms with Gasteiger partial charge in [0.1, 0.15) is 0 Å². The maximum absolute atomic E-state index is 3.65. The summed E-state index contributed by atoms with van der Waals surface area (Å²) in [6.45, 7) is 12.3. The second-order valence-corrected chi connectivity index (χ2v) is 7.19. The number of benzene rings is 1. The van der Waals surface area contributed by atoms with E-state index in [1.807, 2.05) is 0 Å². The molecule has 1 unspecified atom stereocenters. The van der Waals surface area contributed by atoms with Crippen molar-refractivity contribution in [3.8, 4) is 0 Å². The maximum atomic E-state index is 3.65. The van der Waals surface area contributed by atoms with Gasteiger partial charge in [-0.3, -0.25) is 0 Å². The molecule has 1 N–H and O–H groups in total. The average Bonchev–Trinajstić information content (AvgIpc) is 2.45. The molecule has 21 heavy (non-hydrogen) atoms. The molecule has 120 valence electrons. The van der Waals surface area contributed by atoms with Gasteiger partial charge in [-0.25, -0.2) is 0 Å². The van der Waals surface area contributed by atoms with E-state index < -0.39 is 0 Å². The predicted molar refractivity (Wildman–Crippen MR) is 94.9 cm³/mol. The molecule has 0 aliphatic heterocycles. The van der Waals surface area contributed by atoms with Gasteiger partial charge in [-0.2, -0.15) is 0 Å². The van der Waals surface area contributed by atoms with E-state index in [4.69, 9.17) is 0 Å². The minimum Gasteiger partial charge on any atom is -0.310 e. The summed E-state index contributed by atoms with van der Waals surface area (Å²) in [5.74, 6) is 0. The predicted octanol–water partition coefficient (Wildman–Crippen LogP) is 6.00. The fraction of sp³-hybridized carbons (Fsp3) is 0.700. The number of hydrogen-bond acceptors (Lipinski definition) is 1. The highest BCUT2D eigenvalue weighted by atomic mass is 14.9. The van der Waals surface area contributed by atoms with Crippen LogP contribution in [0.15, 0.2) is 24.3 Å². The molecule has 1 nitrogen and oxygen atoms in total. The largest absolute Gasteiger partial charge is 0.310 e. The van der Waals surface area contributed by atoms with Crippen LogP contribution in [0.4, 0.5) is 0 Å². The van der Waals surface area contributed by atoms with Crippen LogP contribution in [-0.4, -0.2) is 6.54 Å². The second kappa shape index (κ2) is 9.25. The van der Waals surface area contributed by atoms with Crippen LogP contribution in [0.2, 0.25) is 0 Å². The fourth-order valence-electron chi connectivity index (χ4n) is 2.80. The monoisotopic (exact) mass is 289 g/mol. The highest BCUT2D eigenvalue weighted by molar-refractivity contribution is 5.29. The Kier molecular flexibility index (Phi) is 8.03. The van der Waals surface area contributed by atoms with E-state index in [9.17, 15) is 0 Å². The smallest absolute Gasteiger partial charge is 0.0320 e.